The Hall–Kier alpha value is -1.43. The van der Waals surface area contributed by atoms with Gasteiger partial charge in [-0.05, 0) is 63.9 Å². The summed E-state index contributed by atoms with van der Waals surface area (Å²) in [6.07, 6.45) is 40.6. The number of rotatable bonds is 45. The van der Waals surface area contributed by atoms with E-state index in [2.05, 4.69) is 36.6 Å². The molecule has 11 nitrogen and oxygen atoms in total. The van der Waals surface area contributed by atoms with Gasteiger partial charge in [0.2, 0.25) is 0 Å². The first-order valence-corrected chi connectivity index (χ1v) is 25.3. The number of allylic oxidation sites excluding steroid dienone is 4. The lowest BCUT2D eigenvalue weighted by Gasteiger charge is -2.21. The highest BCUT2D eigenvalue weighted by Crippen LogP contribution is 2.44. The van der Waals surface area contributed by atoms with Crippen molar-refractivity contribution in [1.82, 2.24) is 0 Å². The fourth-order valence-corrected chi connectivity index (χ4v) is 7.90. The molecule has 5 atom stereocenters. The normalized spacial score (nSPS) is 15.1. The first kappa shape index (κ1) is 57.6. The number of unbranched alkanes of at least 4 members (excludes halogenated alkanes) is 25. The van der Waals surface area contributed by atoms with Gasteiger partial charge in [0, 0.05) is 12.3 Å². The maximum Gasteiger partial charge on any atom is 0.472 e. The number of carbonyl (C=O) groups excluding carboxylic acids is 2. The van der Waals surface area contributed by atoms with Gasteiger partial charge in [-0.3, -0.25) is 18.6 Å². The molecule has 0 aromatic carbocycles. The lowest BCUT2D eigenvalue weighted by Crippen LogP contribution is -2.33. The van der Waals surface area contributed by atoms with Gasteiger partial charge >= 0.3 is 13.8 Å². The van der Waals surface area contributed by atoms with Crippen LogP contribution in [0, 0.1) is 5.92 Å². The van der Waals surface area contributed by atoms with Gasteiger partial charge in [0.15, 0.2) is 5.78 Å². The van der Waals surface area contributed by atoms with Crippen LogP contribution in [0.3, 0.4) is 0 Å². The molecule has 0 radical (unpaired) electrons. The van der Waals surface area contributed by atoms with Crippen molar-refractivity contribution in [2.75, 3.05) is 26.4 Å². The number of phosphoric acid groups is 1. The summed E-state index contributed by atoms with van der Waals surface area (Å²) in [5.41, 5.74) is 0. The van der Waals surface area contributed by atoms with E-state index in [1.54, 1.807) is 0 Å². The Morgan fingerprint density at radius 3 is 1.51 bits per heavy atom. The molecule has 59 heavy (non-hydrogen) atoms. The van der Waals surface area contributed by atoms with Crippen LogP contribution in [-0.2, 0) is 27.9 Å². The van der Waals surface area contributed by atoms with E-state index >= 15 is 0 Å². The van der Waals surface area contributed by atoms with Crippen molar-refractivity contribution >= 4 is 19.6 Å². The van der Waals surface area contributed by atoms with Crippen LogP contribution in [0.4, 0.5) is 0 Å². The number of esters is 1. The Kier molecular flexibility index (Phi) is 40.9. The Labute approximate surface area is 359 Å². The number of aliphatic hydroxyl groups excluding tert-OH is 4. The van der Waals surface area contributed by atoms with Crippen LogP contribution in [0.1, 0.15) is 213 Å². The van der Waals surface area contributed by atoms with E-state index in [1.807, 2.05) is 6.08 Å². The summed E-state index contributed by atoms with van der Waals surface area (Å²) in [7, 11) is -4.72. The first-order valence-electron chi connectivity index (χ1n) is 23.8. The third-order valence-corrected chi connectivity index (χ3v) is 12.0. The van der Waals surface area contributed by atoms with Crippen LogP contribution in [0.15, 0.2) is 24.3 Å². The second-order valence-electron chi connectivity index (χ2n) is 16.4. The number of hydrogen-bond donors (Lipinski definition) is 5. The lowest BCUT2D eigenvalue weighted by atomic mass is 9.93. The molecule has 2 unspecified atom stereocenters. The van der Waals surface area contributed by atoms with Gasteiger partial charge < -0.3 is 30.1 Å². The van der Waals surface area contributed by atoms with Crippen LogP contribution >= 0.6 is 7.82 Å². The summed E-state index contributed by atoms with van der Waals surface area (Å²) >= 11 is 0. The quantitative estimate of drug-likeness (QED) is 0.0129. The highest BCUT2D eigenvalue weighted by atomic mass is 31.2. The van der Waals surface area contributed by atoms with E-state index < -0.39 is 58.5 Å². The third kappa shape index (κ3) is 38.0. The Morgan fingerprint density at radius 2 is 1.03 bits per heavy atom. The van der Waals surface area contributed by atoms with Gasteiger partial charge in [-0.15, -0.1) is 0 Å². The smallest absolute Gasteiger partial charge is 0.463 e. The first-order chi connectivity index (χ1) is 28.6. The van der Waals surface area contributed by atoms with Crippen LogP contribution in [0.5, 0.6) is 0 Å². The maximum absolute atomic E-state index is 12.7. The summed E-state index contributed by atoms with van der Waals surface area (Å²) in [5, 5.41) is 37.0. The van der Waals surface area contributed by atoms with Crippen molar-refractivity contribution in [3.05, 3.63) is 24.3 Å². The lowest BCUT2D eigenvalue weighted by molar-refractivity contribution is -0.147. The highest BCUT2D eigenvalue weighted by molar-refractivity contribution is 7.47. The summed E-state index contributed by atoms with van der Waals surface area (Å²) in [5.74, 6) is -0.0276. The zero-order valence-corrected chi connectivity index (χ0v) is 38.4. The summed E-state index contributed by atoms with van der Waals surface area (Å²) in [6, 6.07) is 0. The molecule has 0 aromatic heterocycles. The predicted octanol–water partition coefficient (Wildman–Crippen LogP) is 11.2. The molecule has 348 valence electrons. The average molecular weight is 861 g/mol. The van der Waals surface area contributed by atoms with Gasteiger partial charge in [-0.25, -0.2) is 4.57 Å². The number of aliphatic hydroxyl groups is 4. The van der Waals surface area contributed by atoms with Crippen LogP contribution in [0.2, 0.25) is 0 Å². The van der Waals surface area contributed by atoms with Crippen molar-refractivity contribution in [1.29, 1.82) is 0 Å². The monoisotopic (exact) mass is 861 g/mol. The van der Waals surface area contributed by atoms with Gasteiger partial charge in [0.1, 0.15) is 24.9 Å². The molecule has 0 bridgehead atoms. The zero-order chi connectivity index (χ0) is 43.7. The summed E-state index contributed by atoms with van der Waals surface area (Å²) in [4.78, 5) is 34.5. The second-order valence-corrected chi connectivity index (χ2v) is 17.9. The molecule has 0 aliphatic rings. The minimum absolute atomic E-state index is 0.163. The largest absolute Gasteiger partial charge is 0.472 e. The molecule has 12 heteroatoms. The second kappa shape index (κ2) is 41.9. The van der Waals surface area contributed by atoms with Gasteiger partial charge in [-0.2, -0.15) is 0 Å². The van der Waals surface area contributed by atoms with Gasteiger partial charge in [-0.1, -0.05) is 167 Å². The zero-order valence-electron chi connectivity index (χ0n) is 37.5. The SMILES string of the molecule is CCCCCCCCCCC/C=C\CCCCCC/C=C\C(=O)C(CC)CCCCCCCCCCCCCCC(=O)OC[C@H](CO)OP(=O)(O)OC[C@@H](O)[C@H](O)CO. The van der Waals surface area contributed by atoms with Crippen LogP contribution in [0.25, 0.3) is 0 Å². The van der Waals surface area contributed by atoms with E-state index in [0.29, 0.717) is 12.2 Å². The molecular weight excluding hydrogens is 771 g/mol. The molecule has 0 spiro atoms. The molecule has 0 amide bonds. The maximum atomic E-state index is 12.7. The topological polar surface area (TPSA) is 180 Å². The molecular formula is C47H89O11P. The third-order valence-electron chi connectivity index (χ3n) is 10.9. The van der Waals surface area contributed by atoms with Gasteiger partial charge in [0.25, 0.3) is 0 Å². The molecule has 0 aliphatic heterocycles. The molecule has 0 heterocycles. The average Bonchev–Trinajstić information content (AvgIpc) is 3.23. The van der Waals surface area contributed by atoms with E-state index in [-0.39, 0.29) is 12.3 Å². The highest BCUT2D eigenvalue weighted by Gasteiger charge is 2.29. The van der Waals surface area contributed by atoms with Crippen molar-refractivity contribution in [3.8, 4) is 0 Å². The minimum atomic E-state index is -4.72. The van der Waals surface area contributed by atoms with Gasteiger partial charge in [0.05, 0.1) is 19.8 Å². The molecule has 5 N–H and O–H groups in total. The molecule has 0 saturated carbocycles. The fourth-order valence-electron chi connectivity index (χ4n) is 6.99. The fraction of sp³-hybridized carbons (Fsp3) is 0.872. The van der Waals surface area contributed by atoms with Crippen molar-refractivity contribution in [2.24, 2.45) is 5.92 Å². The number of ketones is 1. The van der Waals surface area contributed by atoms with Crippen molar-refractivity contribution < 1.29 is 53.3 Å². The van der Waals surface area contributed by atoms with Crippen molar-refractivity contribution in [2.45, 2.75) is 231 Å². The number of carbonyl (C=O) groups is 2. The Morgan fingerprint density at radius 1 is 0.576 bits per heavy atom. The number of phosphoric ester groups is 1. The number of ether oxygens (including phenoxy) is 1. The van der Waals surface area contributed by atoms with Crippen LogP contribution in [-0.4, -0.2) is 81.8 Å². The molecule has 0 aromatic rings. The Balaban J connectivity index is 3.70. The Bertz CT molecular complexity index is 1070. The summed E-state index contributed by atoms with van der Waals surface area (Å²) < 4.78 is 26.4. The predicted molar refractivity (Wildman–Crippen MR) is 239 cm³/mol. The van der Waals surface area contributed by atoms with E-state index in [1.165, 1.54) is 141 Å². The van der Waals surface area contributed by atoms with E-state index in [9.17, 15) is 34.4 Å². The number of hydrogen-bond acceptors (Lipinski definition) is 10. The summed E-state index contributed by atoms with van der Waals surface area (Å²) in [6.45, 7) is 1.71. The van der Waals surface area contributed by atoms with Crippen LogP contribution < -0.4 is 0 Å². The molecule has 0 aliphatic carbocycles. The molecule has 0 fully saturated rings. The minimum Gasteiger partial charge on any atom is -0.463 e. The molecule has 0 saturated heterocycles. The van der Waals surface area contributed by atoms with E-state index in [4.69, 9.17) is 14.4 Å². The standard InChI is InChI=1S/C47H89O11P/c1-3-5-6-7-8-9-10-11-12-13-14-15-16-17-21-24-27-30-33-36-44(50)42(4-2)35-32-29-26-23-20-18-19-22-25-28-31-34-37-47(53)56-40-43(38-48)58-59(54,55)57-41-46(52)45(51)39-49/h14-15,33,36,42-43,45-46,48-49,51-52H,3-13,16-32,34-35,37-41H2,1-2H3,(H,54,55)/b15-14-,36-33-/t42?,43-,45+,46+/m0/s1. The van der Waals surface area contributed by atoms with E-state index in [0.717, 1.165) is 44.9 Å². The molecule has 0 rings (SSSR count). The van der Waals surface area contributed by atoms with Crippen molar-refractivity contribution in [3.63, 3.8) is 0 Å².